The van der Waals surface area contributed by atoms with Crippen LogP contribution in [0.3, 0.4) is 0 Å². The lowest BCUT2D eigenvalue weighted by Gasteiger charge is -2.03. The van der Waals surface area contributed by atoms with Gasteiger partial charge in [0.1, 0.15) is 0 Å². The number of hydrogen-bond acceptors (Lipinski definition) is 2. The molecule has 0 aromatic rings. The third-order valence-electron chi connectivity index (χ3n) is 0.963. The molecule has 0 fully saturated rings. The highest BCUT2D eigenvalue weighted by Crippen LogP contribution is 1.86. The van der Waals surface area contributed by atoms with Crippen LogP contribution in [0.1, 0.15) is 13.8 Å². The fraction of sp³-hybridized carbons (Fsp3) is 0.800. The Morgan fingerprint density at radius 2 is 2.14 bits per heavy atom. The van der Waals surface area contributed by atoms with Gasteiger partial charge >= 0.3 is 0 Å². The van der Waals surface area contributed by atoms with Crippen LogP contribution in [0.4, 0.5) is 0 Å². The van der Waals surface area contributed by atoms with E-state index < -0.39 is 0 Å². The third kappa shape index (κ3) is 2.34. The van der Waals surface area contributed by atoms with E-state index in [9.17, 15) is 0 Å². The topological polar surface area (TPSA) is 33.1 Å². The first kappa shape index (κ1) is 6.63. The normalized spacial score (nSPS) is 13.6. The van der Waals surface area contributed by atoms with E-state index in [0.29, 0.717) is 5.71 Å². The first-order valence-electron chi connectivity index (χ1n) is 2.26. The highest BCUT2D eigenvalue weighted by molar-refractivity contribution is 5.82. The maximum atomic E-state index is 6.98. The van der Waals surface area contributed by atoms with Crippen LogP contribution in [0.2, 0.25) is 0 Å². The van der Waals surface area contributed by atoms with Gasteiger partial charge in [-0.05, 0) is 13.8 Å². The average Bonchev–Trinajstić information content (AvgIpc) is 1.65. The van der Waals surface area contributed by atoms with E-state index >= 15 is 0 Å². The smallest absolute Gasteiger partial charge is 0.0914 e. The lowest BCUT2D eigenvalue weighted by molar-refractivity contribution is 0.169. The second-order valence-electron chi connectivity index (χ2n) is 1.56. The highest BCUT2D eigenvalue weighted by Gasteiger charge is 1.97. The van der Waals surface area contributed by atoms with Gasteiger partial charge in [0, 0.05) is 12.8 Å². The summed E-state index contributed by atoms with van der Waals surface area (Å²) in [5, 5.41) is 6.98. The molecular formula is C5H11NO. The SMILES string of the molecule is COC(C)C(C)=N. The van der Waals surface area contributed by atoms with Gasteiger partial charge in [0.05, 0.1) is 6.10 Å². The van der Waals surface area contributed by atoms with E-state index in [1.807, 2.05) is 6.92 Å². The Hall–Kier alpha value is -0.370. The van der Waals surface area contributed by atoms with E-state index in [-0.39, 0.29) is 6.10 Å². The standard InChI is InChI=1S/C5H11NO/c1-4(6)5(2)7-3/h5-6H,1-3H3. The zero-order valence-corrected chi connectivity index (χ0v) is 4.99. The molecule has 0 heterocycles. The molecule has 7 heavy (non-hydrogen) atoms. The molecule has 42 valence electrons. The molecule has 0 amide bonds. The quantitative estimate of drug-likeness (QED) is 0.518. The molecule has 0 bridgehead atoms. The summed E-state index contributed by atoms with van der Waals surface area (Å²) in [6.07, 6.45) is -0.0139. The molecule has 0 aliphatic heterocycles. The summed E-state index contributed by atoms with van der Waals surface area (Å²) in [5.41, 5.74) is 0.572. The van der Waals surface area contributed by atoms with Crippen LogP contribution in [0.5, 0.6) is 0 Å². The predicted molar refractivity (Wildman–Crippen MR) is 29.9 cm³/mol. The molecule has 0 radical (unpaired) electrons. The molecule has 1 atom stereocenters. The lowest BCUT2D eigenvalue weighted by atomic mass is 10.3. The Morgan fingerprint density at radius 3 is 2.14 bits per heavy atom. The van der Waals surface area contributed by atoms with Crippen molar-refractivity contribution in [2.75, 3.05) is 7.11 Å². The average molecular weight is 101 g/mol. The van der Waals surface area contributed by atoms with Crippen LogP contribution in [0, 0.1) is 5.41 Å². The fourth-order valence-corrected chi connectivity index (χ4v) is 0.177. The molecule has 0 aromatic carbocycles. The maximum Gasteiger partial charge on any atom is 0.0914 e. The summed E-state index contributed by atoms with van der Waals surface area (Å²) in [6.45, 7) is 3.58. The number of methoxy groups -OCH3 is 1. The summed E-state index contributed by atoms with van der Waals surface area (Å²) in [6, 6.07) is 0. The van der Waals surface area contributed by atoms with E-state index in [4.69, 9.17) is 10.1 Å². The van der Waals surface area contributed by atoms with Crippen molar-refractivity contribution in [2.45, 2.75) is 20.0 Å². The van der Waals surface area contributed by atoms with Gasteiger partial charge in [-0.1, -0.05) is 0 Å². The minimum Gasteiger partial charge on any atom is -0.376 e. The summed E-state index contributed by atoms with van der Waals surface area (Å²) in [7, 11) is 1.60. The van der Waals surface area contributed by atoms with E-state index in [1.54, 1.807) is 14.0 Å². The van der Waals surface area contributed by atoms with Crippen molar-refractivity contribution in [3.8, 4) is 0 Å². The zero-order chi connectivity index (χ0) is 5.86. The fourth-order valence-electron chi connectivity index (χ4n) is 0.177. The summed E-state index contributed by atoms with van der Waals surface area (Å²) in [4.78, 5) is 0. The van der Waals surface area contributed by atoms with Crippen molar-refractivity contribution in [3.63, 3.8) is 0 Å². The first-order chi connectivity index (χ1) is 3.18. The van der Waals surface area contributed by atoms with Gasteiger partial charge < -0.3 is 10.1 Å². The van der Waals surface area contributed by atoms with Crippen molar-refractivity contribution < 1.29 is 4.74 Å². The van der Waals surface area contributed by atoms with Gasteiger partial charge in [-0.2, -0.15) is 0 Å². The molecule has 0 saturated heterocycles. The summed E-state index contributed by atoms with van der Waals surface area (Å²) < 4.78 is 4.79. The molecular weight excluding hydrogens is 90.1 g/mol. The van der Waals surface area contributed by atoms with Crippen molar-refractivity contribution in [2.24, 2.45) is 0 Å². The highest BCUT2D eigenvalue weighted by atomic mass is 16.5. The minimum absolute atomic E-state index is 0.0139. The lowest BCUT2D eigenvalue weighted by Crippen LogP contribution is -2.13. The first-order valence-corrected chi connectivity index (χ1v) is 2.26. The summed E-state index contributed by atoms with van der Waals surface area (Å²) in [5.74, 6) is 0. The van der Waals surface area contributed by atoms with Crippen LogP contribution in [0.25, 0.3) is 0 Å². The van der Waals surface area contributed by atoms with Gasteiger partial charge in [-0.25, -0.2) is 0 Å². The second kappa shape index (κ2) is 2.75. The van der Waals surface area contributed by atoms with Crippen LogP contribution >= 0.6 is 0 Å². The van der Waals surface area contributed by atoms with Gasteiger partial charge in [0.25, 0.3) is 0 Å². The summed E-state index contributed by atoms with van der Waals surface area (Å²) >= 11 is 0. The Labute approximate surface area is 44.0 Å². The van der Waals surface area contributed by atoms with E-state index in [1.165, 1.54) is 0 Å². The Bertz CT molecular complexity index is 70.5. The van der Waals surface area contributed by atoms with Crippen molar-refractivity contribution >= 4 is 5.71 Å². The van der Waals surface area contributed by atoms with E-state index in [2.05, 4.69) is 0 Å². The number of hydrogen-bond donors (Lipinski definition) is 1. The minimum atomic E-state index is -0.0139. The molecule has 1 N–H and O–H groups in total. The van der Waals surface area contributed by atoms with Crippen molar-refractivity contribution in [1.82, 2.24) is 0 Å². The molecule has 2 nitrogen and oxygen atoms in total. The second-order valence-corrected chi connectivity index (χ2v) is 1.56. The number of ether oxygens (including phenoxy) is 1. The Morgan fingerprint density at radius 1 is 1.71 bits per heavy atom. The largest absolute Gasteiger partial charge is 0.376 e. The molecule has 0 aromatic heterocycles. The molecule has 2 heteroatoms. The number of rotatable bonds is 2. The molecule has 1 unspecified atom stereocenters. The Kier molecular flexibility index (Phi) is 2.60. The predicted octanol–water partition coefficient (Wildman–Crippen LogP) is 1.06. The van der Waals surface area contributed by atoms with Gasteiger partial charge in [-0.15, -0.1) is 0 Å². The van der Waals surface area contributed by atoms with Crippen molar-refractivity contribution in [1.29, 1.82) is 5.41 Å². The van der Waals surface area contributed by atoms with Crippen molar-refractivity contribution in [3.05, 3.63) is 0 Å². The third-order valence-corrected chi connectivity index (χ3v) is 0.963. The van der Waals surface area contributed by atoms with Gasteiger partial charge in [0.15, 0.2) is 0 Å². The van der Waals surface area contributed by atoms with Crippen LogP contribution in [0.15, 0.2) is 0 Å². The molecule has 0 aliphatic rings. The monoisotopic (exact) mass is 101 g/mol. The van der Waals surface area contributed by atoms with Crippen LogP contribution in [-0.4, -0.2) is 18.9 Å². The number of nitrogens with one attached hydrogen (secondary N) is 1. The molecule has 0 rings (SSSR count). The van der Waals surface area contributed by atoms with Crippen LogP contribution < -0.4 is 0 Å². The van der Waals surface area contributed by atoms with Crippen LogP contribution in [-0.2, 0) is 4.74 Å². The molecule has 0 saturated carbocycles. The zero-order valence-electron chi connectivity index (χ0n) is 4.99. The Balaban J connectivity index is 3.34. The van der Waals surface area contributed by atoms with E-state index in [0.717, 1.165) is 0 Å². The molecule has 0 spiro atoms. The maximum absolute atomic E-state index is 6.98. The van der Waals surface area contributed by atoms with Gasteiger partial charge in [0.2, 0.25) is 0 Å². The molecule has 0 aliphatic carbocycles. The van der Waals surface area contributed by atoms with Gasteiger partial charge in [-0.3, -0.25) is 0 Å².